The molecule has 0 aromatic heterocycles. The third-order valence-electron chi connectivity index (χ3n) is 3.41. The van der Waals surface area contributed by atoms with E-state index in [0.717, 1.165) is 37.7 Å². The predicted molar refractivity (Wildman–Crippen MR) is 79.5 cm³/mol. The van der Waals surface area contributed by atoms with E-state index in [1.54, 1.807) is 20.8 Å². The van der Waals surface area contributed by atoms with Gasteiger partial charge in [-0.05, 0) is 58.5 Å². The summed E-state index contributed by atoms with van der Waals surface area (Å²) in [5, 5.41) is 2.65. The zero-order valence-electron chi connectivity index (χ0n) is 13.2. The highest BCUT2D eigenvalue weighted by Gasteiger charge is 2.26. The average Bonchev–Trinajstić information content (AvgIpc) is 2.33. The van der Waals surface area contributed by atoms with Crippen molar-refractivity contribution in [1.29, 1.82) is 0 Å². The van der Waals surface area contributed by atoms with E-state index in [4.69, 9.17) is 4.74 Å². The van der Waals surface area contributed by atoms with Gasteiger partial charge in [-0.15, -0.1) is 0 Å². The molecule has 0 unspecified atom stereocenters. The molecule has 1 amide bonds. The maximum atomic E-state index is 14.0. The third-order valence-corrected chi connectivity index (χ3v) is 3.41. The molecule has 1 N–H and O–H groups in total. The highest BCUT2D eigenvalue weighted by atomic mass is 19.1. The summed E-state index contributed by atoms with van der Waals surface area (Å²) in [7, 11) is 0. The predicted octanol–water partition coefficient (Wildman–Crippen LogP) is 3.24. The van der Waals surface area contributed by atoms with E-state index in [1.807, 2.05) is 0 Å². The first-order chi connectivity index (χ1) is 10.2. The number of hydrogen-bond donors (Lipinski definition) is 1. The Morgan fingerprint density at radius 1 is 1.36 bits per heavy atom. The summed E-state index contributed by atoms with van der Waals surface area (Å²) in [6.45, 7) is 7.46. The number of amides is 1. The molecule has 1 aliphatic rings. The van der Waals surface area contributed by atoms with Crippen LogP contribution in [0.4, 0.5) is 13.6 Å². The van der Waals surface area contributed by atoms with Gasteiger partial charge in [-0.2, -0.15) is 0 Å². The van der Waals surface area contributed by atoms with Crippen LogP contribution in [0.3, 0.4) is 0 Å². The lowest BCUT2D eigenvalue weighted by Gasteiger charge is -2.34. The molecule has 1 aliphatic heterocycles. The minimum absolute atomic E-state index is 0.137. The molecule has 0 bridgehead atoms. The molecule has 1 heterocycles. The van der Waals surface area contributed by atoms with Crippen LogP contribution in [0.5, 0.6) is 0 Å². The van der Waals surface area contributed by atoms with Crippen molar-refractivity contribution in [2.75, 3.05) is 19.6 Å². The molecule has 0 saturated carbocycles. The van der Waals surface area contributed by atoms with Crippen LogP contribution in [-0.2, 0) is 4.74 Å². The van der Waals surface area contributed by atoms with Crippen molar-refractivity contribution in [3.63, 3.8) is 0 Å². The number of halogens is 2. The zero-order valence-corrected chi connectivity index (χ0v) is 13.2. The van der Waals surface area contributed by atoms with Crippen LogP contribution in [0.2, 0.25) is 0 Å². The van der Waals surface area contributed by atoms with E-state index in [1.165, 1.54) is 0 Å². The van der Waals surface area contributed by atoms with Crippen molar-refractivity contribution in [2.45, 2.75) is 38.8 Å². The summed E-state index contributed by atoms with van der Waals surface area (Å²) in [4.78, 5) is 14.0. The van der Waals surface area contributed by atoms with E-state index in [-0.39, 0.29) is 5.56 Å². The molecule has 1 fully saturated rings. The molecule has 0 aliphatic carbocycles. The van der Waals surface area contributed by atoms with Gasteiger partial charge in [-0.25, -0.2) is 13.6 Å². The van der Waals surface area contributed by atoms with Crippen molar-refractivity contribution in [2.24, 2.45) is 0 Å². The number of carbonyl (C=O) groups excluding carboxylic acids is 1. The Morgan fingerprint density at radius 2 is 2.05 bits per heavy atom. The monoisotopic (exact) mass is 312 g/mol. The van der Waals surface area contributed by atoms with Crippen molar-refractivity contribution in [3.05, 3.63) is 35.4 Å². The van der Waals surface area contributed by atoms with Crippen LogP contribution in [0.15, 0.2) is 18.2 Å². The SMILES string of the molecule is CC(C)(C)OC(=O)N[C@H](CN1CCC1)c1cc(F)ccc1F. The van der Waals surface area contributed by atoms with Gasteiger partial charge in [0.05, 0.1) is 6.04 Å². The highest BCUT2D eigenvalue weighted by molar-refractivity contribution is 5.68. The minimum Gasteiger partial charge on any atom is -0.444 e. The second-order valence-electron chi connectivity index (χ2n) is 6.52. The molecule has 4 nitrogen and oxygen atoms in total. The number of likely N-dealkylation sites (tertiary alicyclic amines) is 1. The van der Waals surface area contributed by atoms with E-state index in [0.29, 0.717) is 6.54 Å². The van der Waals surface area contributed by atoms with Crippen LogP contribution in [0, 0.1) is 11.6 Å². The molecule has 0 radical (unpaired) electrons. The second-order valence-corrected chi connectivity index (χ2v) is 6.52. The molecule has 6 heteroatoms. The lowest BCUT2D eigenvalue weighted by Crippen LogP contribution is -2.45. The van der Waals surface area contributed by atoms with E-state index < -0.39 is 29.4 Å². The van der Waals surface area contributed by atoms with E-state index >= 15 is 0 Å². The van der Waals surface area contributed by atoms with Crippen LogP contribution in [-0.4, -0.2) is 36.2 Å². The average molecular weight is 312 g/mol. The van der Waals surface area contributed by atoms with Crippen molar-refractivity contribution >= 4 is 6.09 Å². The Labute approximate surface area is 129 Å². The number of ether oxygens (including phenoxy) is 1. The lowest BCUT2D eigenvalue weighted by atomic mass is 10.0. The summed E-state index contributed by atoms with van der Waals surface area (Å²) in [6.07, 6.45) is 0.437. The lowest BCUT2D eigenvalue weighted by molar-refractivity contribution is 0.0477. The maximum absolute atomic E-state index is 14.0. The van der Waals surface area contributed by atoms with E-state index in [2.05, 4.69) is 10.2 Å². The molecule has 22 heavy (non-hydrogen) atoms. The van der Waals surface area contributed by atoms with Gasteiger partial charge in [0.25, 0.3) is 0 Å². The molecule has 1 aromatic carbocycles. The maximum Gasteiger partial charge on any atom is 0.408 e. The quantitative estimate of drug-likeness (QED) is 0.928. The Balaban J connectivity index is 2.14. The number of nitrogens with one attached hydrogen (secondary N) is 1. The Morgan fingerprint density at radius 3 is 2.59 bits per heavy atom. The normalized spacial score (nSPS) is 16.8. The van der Waals surface area contributed by atoms with Gasteiger partial charge < -0.3 is 15.0 Å². The van der Waals surface area contributed by atoms with Crippen LogP contribution in [0.25, 0.3) is 0 Å². The molecule has 1 atom stereocenters. The summed E-state index contributed by atoms with van der Waals surface area (Å²) >= 11 is 0. The molecule has 1 saturated heterocycles. The third kappa shape index (κ3) is 4.66. The first-order valence-corrected chi connectivity index (χ1v) is 7.41. The summed E-state index contributed by atoms with van der Waals surface area (Å²) in [5.74, 6) is -1.07. The standard InChI is InChI=1S/C16H22F2N2O2/c1-16(2,3)22-15(21)19-14(10-20-7-4-8-20)12-9-11(17)5-6-13(12)18/h5-6,9,14H,4,7-8,10H2,1-3H3,(H,19,21)/t14-/m1/s1. The highest BCUT2D eigenvalue weighted by Crippen LogP contribution is 2.22. The molecular weight excluding hydrogens is 290 g/mol. The topological polar surface area (TPSA) is 41.6 Å². The van der Waals surface area contributed by atoms with E-state index in [9.17, 15) is 13.6 Å². The van der Waals surface area contributed by atoms with Gasteiger partial charge >= 0.3 is 6.09 Å². The fraction of sp³-hybridized carbons (Fsp3) is 0.562. The number of benzene rings is 1. The fourth-order valence-corrected chi connectivity index (χ4v) is 2.28. The molecule has 0 spiro atoms. The second kappa shape index (κ2) is 6.60. The first kappa shape index (κ1) is 16.7. The first-order valence-electron chi connectivity index (χ1n) is 7.41. The van der Waals surface area contributed by atoms with Crippen LogP contribution >= 0.6 is 0 Å². The van der Waals surface area contributed by atoms with Gasteiger partial charge in [0.2, 0.25) is 0 Å². The molecular formula is C16H22F2N2O2. The number of hydrogen-bond acceptors (Lipinski definition) is 3. The van der Waals surface area contributed by atoms with Gasteiger partial charge in [0.15, 0.2) is 0 Å². The van der Waals surface area contributed by atoms with Crippen LogP contribution in [0.1, 0.15) is 38.8 Å². The molecule has 122 valence electrons. The minimum atomic E-state index is -0.647. The zero-order chi connectivity index (χ0) is 16.3. The number of nitrogens with zero attached hydrogens (tertiary/aromatic N) is 1. The Kier molecular flexibility index (Phi) is 5.01. The van der Waals surface area contributed by atoms with Gasteiger partial charge in [-0.3, -0.25) is 0 Å². The summed E-state index contributed by atoms with van der Waals surface area (Å²) < 4.78 is 32.6. The molecule has 1 aromatic rings. The number of alkyl carbamates (subject to hydrolysis) is 1. The summed E-state index contributed by atoms with van der Waals surface area (Å²) in [6, 6.07) is 2.61. The fourth-order valence-electron chi connectivity index (χ4n) is 2.28. The van der Waals surface area contributed by atoms with Crippen molar-refractivity contribution < 1.29 is 18.3 Å². The summed E-state index contributed by atoms with van der Waals surface area (Å²) in [5.41, 5.74) is -0.510. The van der Waals surface area contributed by atoms with Crippen LogP contribution < -0.4 is 5.32 Å². The Hall–Kier alpha value is -1.69. The van der Waals surface area contributed by atoms with Crippen molar-refractivity contribution in [1.82, 2.24) is 10.2 Å². The number of carbonyl (C=O) groups is 1. The van der Waals surface area contributed by atoms with Gasteiger partial charge in [0, 0.05) is 12.1 Å². The van der Waals surface area contributed by atoms with Gasteiger partial charge in [-0.1, -0.05) is 0 Å². The molecule has 2 rings (SSSR count). The Bertz CT molecular complexity index is 539. The smallest absolute Gasteiger partial charge is 0.408 e. The largest absolute Gasteiger partial charge is 0.444 e. The van der Waals surface area contributed by atoms with Gasteiger partial charge in [0.1, 0.15) is 17.2 Å². The number of rotatable bonds is 4. The van der Waals surface area contributed by atoms with Crippen molar-refractivity contribution in [3.8, 4) is 0 Å².